The predicted molar refractivity (Wildman–Crippen MR) is 82.0 cm³/mol. The number of rotatable bonds is 4. The maximum Gasteiger partial charge on any atom is 0.357 e. The Morgan fingerprint density at radius 2 is 1.95 bits per heavy atom. The van der Waals surface area contributed by atoms with Gasteiger partial charge < -0.3 is 10.1 Å². The maximum atomic E-state index is 11.9. The molecular formula is C14H11Cl2N3O3. The Morgan fingerprint density at radius 3 is 2.59 bits per heavy atom. The number of carbonyl (C=O) groups is 2. The van der Waals surface area contributed by atoms with Crippen LogP contribution in [-0.2, 0) is 9.53 Å². The van der Waals surface area contributed by atoms with Gasteiger partial charge >= 0.3 is 5.97 Å². The third kappa shape index (κ3) is 4.41. The van der Waals surface area contributed by atoms with Gasteiger partial charge in [-0.1, -0.05) is 23.2 Å². The molecule has 2 heterocycles. The van der Waals surface area contributed by atoms with Crippen molar-refractivity contribution in [3.63, 3.8) is 0 Å². The van der Waals surface area contributed by atoms with Crippen LogP contribution in [0.2, 0.25) is 10.0 Å². The first-order valence-electron chi connectivity index (χ1n) is 6.20. The van der Waals surface area contributed by atoms with E-state index >= 15 is 0 Å². The van der Waals surface area contributed by atoms with Crippen LogP contribution in [-0.4, -0.2) is 27.9 Å². The summed E-state index contributed by atoms with van der Waals surface area (Å²) in [5.41, 5.74) is 0.0248. The van der Waals surface area contributed by atoms with E-state index in [1.54, 1.807) is 6.07 Å². The molecule has 0 fully saturated rings. The van der Waals surface area contributed by atoms with Gasteiger partial charge in [0.25, 0.3) is 5.91 Å². The van der Waals surface area contributed by atoms with Crippen LogP contribution in [0.3, 0.4) is 0 Å². The number of nitrogens with one attached hydrogen (secondary N) is 1. The molecule has 0 aromatic carbocycles. The Morgan fingerprint density at radius 1 is 1.18 bits per heavy atom. The molecule has 0 unspecified atom stereocenters. The average molecular weight is 340 g/mol. The van der Waals surface area contributed by atoms with Crippen molar-refractivity contribution in [3.8, 4) is 0 Å². The van der Waals surface area contributed by atoms with E-state index in [0.717, 1.165) is 0 Å². The molecule has 0 aliphatic rings. The minimum atomic E-state index is -1.02. The number of anilines is 1. The molecule has 0 saturated heterocycles. The number of carbonyl (C=O) groups excluding carboxylic acids is 2. The zero-order chi connectivity index (χ0) is 16.1. The molecule has 0 spiro atoms. The van der Waals surface area contributed by atoms with Crippen molar-refractivity contribution >= 4 is 40.9 Å². The molecule has 1 N–H and O–H groups in total. The van der Waals surface area contributed by atoms with Crippen LogP contribution < -0.4 is 5.32 Å². The Labute approximate surface area is 136 Å². The fourth-order valence-electron chi connectivity index (χ4n) is 1.47. The van der Waals surface area contributed by atoms with E-state index in [1.165, 1.54) is 37.5 Å². The summed E-state index contributed by atoms with van der Waals surface area (Å²) in [5, 5.41) is 3.30. The van der Waals surface area contributed by atoms with Crippen molar-refractivity contribution in [3.05, 3.63) is 52.4 Å². The molecule has 1 atom stereocenters. The lowest BCUT2D eigenvalue weighted by molar-refractivity contribution is -0.123. The number of esters is 1. The quantitative estimate of drug-likeness (QED) is 0.866. The van der Waals surface area contributed by atoms with E-state index in [1.807, 2.05) is 0 Å². The second-order valence-corrected chi connectivity index (χ2v) is 5.13. The van der Waals surface area contributed by atoms with Crippen molar-refractivity contribution in [2.75, 3.05) is 5.32 Å². The van der Waals surface area contributed by atoms with Crippen LogP contribution in [0.4, 0.5) is 5.82 Å². The lowest BCUT2D eigenvalue weighted by Gasteiger charge is -2.12. The van der Waals surface area contributed by atoms with Gasteiger partial charge in [-0.3, -0.25) is 4.79 Å². The zero-order valence-electron chi connectivity index (χ0n) is 11.4. The molecule has 2 aromatic heterocycles. The summed E-state index contributed by atoms with van der Waals surface area (Å²) < 4.78 is 5.02. The fourth-order valence-corrected chi connectivity index (χ4v) is 1.74. The van der Waals surface area contributed by atoms with E-state index in [2.05, 4.69) is 15.3 Å². The van der Waals surface area contributed by atoms with Gasteiger partial charge in [0.2, 0.25) is 0 Å². The Kier molecular flexibility index (Phi) is 5.30. The van der Waals surface area contributed by atoms with Crippen molar-refractivity contribution in [2.45, 2.75) is 13.0 Å². The molecule has 2 rings (SSSR count). The highest BCUT2D eigenvalue weighted by Crippen LogP contribution is 2.12. The van der Waals surface area contributed by atoms with E-state index < -0.39 is 18.0 Å². The average Bonchev–Trinajstić information content (AvgIpc) is 2.49. The molecule has 0 saturated carbocycles. The fraction of sp³-hybridized carbons (Fsp3) is 0.143. The number of hydrogen-bond acceptors (Lipinski definition) is 5. The molecule has 114 valence electrons. The van der Waals surface area contributed by atoms with Crippen molar-refractivity contribution in [1.82, 2.24) is 9.97 Å². The lowest BCUT2D eigenvalue weighted by Crippen LogP contribution is -2.30. The summed E-state index contributed by atoms with van der Waals surface area (Å²) in [5.74, 6) is -0.961. The minimum absolute atomic E-state index is 0.0248. The second kappa shape index (κ2) is 7.20. The first-order valence-corrected chi connectivity index (χ1v) is 6.96. The zero-order valence-corrected chi connectivity index (χ0v) is 12.9. The van der Waals surface area contributed by atoms with Crippen LogP contribution in [0, 0.1) is 0 Å². The second-order valence-electron chi connectivity index (χ2n) is 4.26. The molecule has 1 amide bonds. The first kappa shape index (κ1) is 16.2. The SMILES string of the molecule is C[C@H](OC(=O)c1cc(Cl)ccn1)C(=O)Nc1ccc(Cl)cn1. The summed E-state index contributed by atoms with van der Waals surface area (Å²) in [6.45, 7) is 1.44. The third-order valence-electron chi connectivity index (χ3n) is 2.56. The molecular weight excluding hydrogens is 329 g/mol. The van der Waals surface area contributed by atoms with Crippen LogP contribution in [0.5, 0.6) is 0 Å². The van der Waals surface area contributed by atoms with Crippen LogP contribution >= 0.6 is 23.2 Å². The molecule has 0 radical (unpaired) electrons. The molecule has 2 aromatic rings. The number of halogens is 2. The van der Waals surface area contributed by atoms with Gasteiger partial charge in [0, 0.05) is 17.4 Å². The Balaban J connectivity index is 1.96. The minimum Gasteiger partial charge on any atom is -0.448 e. The van der Waals surface area contributed by atoms with Crippen LogP contribution in [0.25, 0.3) is 0 Å². The van der Waals surface area contributed by atoms with E-state index in [4.69, 9.17) is 27.9 Å². The highest BCUT2D eigenvalue weighted by Gasteiger charge is 2.20. The first-order chi connectivity index (χ1) is 10.5. The standard InChI is InChI=1S/C14H11Cl2N3O3/c1-8(13(20)19-12-3-2-10(16)7-18-12)22-14(21)11-6-9(15)4-5-17-11/h2-8H,1H3,(H,18,19,20)/t8-/m0/s1. The van der Waals surface area contributed by atoms with Crippen LogP contribution in [0.1, 0.15) is 17.4 Å². The summed E-state index contributed by atoms with van der Waals surface area (Å²) in [6, 6.07) is 6.00. The highest BCUT2D eigenvalue weighted by atomic mass is 35.5. The van der Waals surface area contributed by atoms with Gasteiger partial charge in [0.05, 0.1) is 5.02 Å². The molecule has 8 heteroatoms. The van der Waals surface area contributed by atoms with Gasteiger partial charge in [0.1, 0.15) is 11.5 Å². The monoisotopic (exact) mass is 339 g/mol. The number of nitrogens with zero attached hydrogens (tertiary/aromatic N) is 2. The van der Waals surface area contributed by atoms with Gasteiger partial charge in [-0.2, -0.15) is 0 Å². The molecule has 22 heavy (non-hydrogen) atoms. The topological polar surface area (TPSA) is 81.2 Å². The van der Waals surface area contributed by atoms with Crippen molar-refractivity contribution < 1.29 is 14.3 Å². The summed E-state index contributed by atoms with van der Waals surface area (Å²) in [6.07, 6.45) is 1.75. The Bertz CT molecular complexity index is 692. The molecule has 6 nitrogen and oxygen atoms in total. The lowest BCUT2D eigenvalue weighted by atomic mass is 10.3. The number of amides is 1. The molecule has 0 aliphatic heterocycles. The largest absolute Gasteiger partial charge is 0.448 e. The number of aromatic nitrogens is 2. The third-order valence-corrected chi connectivity index (χ3v) is 3.02. The van der Waals surface area contributed by atoms with Gasteiger partial charge in [-0.15, -0.1) is 0 Å². The molecule has 0 bridgehead atoms. The predicted octanol–water partition coefficient (Wildman–Crippen LogP) is 2.97. The van der Waals surface area contributed by atoms with E-state index in [9.17, 15) is 9.59 Å². The molecule has 0 aliphatic carbocycles. The summed E-state index contributed by atoms with van der Waals surface area (Å²) in [4.78, 5) is 31.5. The summed E-state index contributed by atoms with van der Waals surface area (Å²) in [7, 11) is 0. The Hall–Kier alpha value is -2.18. The van der Waals surface area contributed by atoms with E-state index in [0.29, 0.717) is 15.9 Å². The number of ether oxygens (including phenoxy) is 1. The maximum absolute atomic E-state index is 11.9. The normalized spacial score (nSPS) is 11.6. The number of pyridine rings is 2. The van der Waals surface area contributed by atoms with Crippen molar-refractivity contribution in [1.29, 1.82) is 0 Å². The van der Waals surface area contributed by atoms with E-state index in [-0.39, 0.29) is 5.69 Å². The highest BCUT2D eigenvalue weighted by molar-refractivity contribution is 6.31. The smallest absolute Gasteiger partial charge is 0.357 e. The van der Waals surface area contributed by atoms with Crippen molar-refractivity contribution in [2.24, 2.45) is 0 Å². The van der Waals surface area contributed by atoms with Crippen LogP contribution in [0.15, 0.2) is 36.7 Å². The van der Waals surface area contributed by atoms with Gasteiger partial charge in [-0.25, -0.2) is 14.8 Å². The van der Waals surface area contributed by atoms with Gasteiger partial charge in [0.15, 0.2) is 6.10 Å². The summed E-state index contributed by atoms with van der Waals surface area (Å²) >= 11 is 11.5. The van der Waals surface area contributed by atoms with Gasteiger partial charge in [-0.05, 0) is 31.2 Å². The number of hydrogen-bond donors (Lipinski definition) is 1.